The predicted octanol–water partition coefficient (Wildman–Crippen LogP) is 3.91. The zero-order valence-electron chi connectivity index (χ0n) is 11.2. The third kappa shape index (κ3) is 4.94. The molecule has 3 nitrogen and oxygen atoms in total. The van der Waals surface area contributed by atoms with Crippen molar-refractivity contribution >= 4 is 17.6 Å². The molecule has 1 atom stereocenters. The highest BCUT2D eigenvalue weighted by Crippen LogP contribution is 2.34. The second kappa shape index (κ2) is 6.81. The number of esters is 1. The van der Waals surface area contributed by atoms with Gasteiger partial charge in [-0.05, 0) is 24.1 Å². The first-order chi connectivity index (χ1) is 9.72. The summed E-state index contributed by atoms with van der Waals surface area (Å²) in [5, 5.41) is 9.70. The molecule has 114 valence electrons. The predicted molar refractivity (Wildman–Crippen MR) is 70.5 cm³/mol. The highest BCUT2D eigenvalue weighted by Gasteiger charge is 2.43. The molecule has 0 saturated carbocycles. The summed E-state index contributed by atoms with van der Waals surface area (Å²) in [5.41, 5.74) is -1.33. The summed E-state index contributed by atoms with van der Waals surface area (Å²) in [5.74, 6) is -0.968. The number of carbonyl (C=O) groups is 1. The van der Waals surface area contributed by atoms with E-state index in [1.165, 1.54) is 0 Å². The molecular weight excluding hydrogens is 307 g/mol. The summed E-state index contributed by atoms with van der Waals surface area (Å²) in [6.45, 7) is 0. The maximum atomic E-state index is 12.4. The van der Waals surface area contributed by atoms with Gasteiger partial charge in [-0.2, -0.15) is 18.4 Å². The summed E-state index contributed by atoms with van der Waals surface area (Å²) in [4.78, 5) is 11.8. The van der Waals surface area contributed by atoms with E-state index in [9.17, 15) is 23.2 Å². The first-order valence-electron chi connectivity index (χ1n) is 6.03. The molecule has 0 aliphatic carbocycles. The Balaban J connectivity index is 3.03. The van der Waals surface area contributed by atoms with Gasteiger partial charge >= 0.3 is 12.1 Å². The van der Waals surface area contributed by atoms with Crippen LogP contribution in [0, 0.1) is 16.7 Å². The molecule has 0 aliphatic rings. The number of carbonyl (C=O) groups excluding carboxylic acids is 1. The molecule has 0 spiro atoms. The Labute approximate surface area is 125 Å². The number of ether oxygens (including phenoxy) is 1. The lowest BCUT2D eigenvalue weighted by Gasteiger charge is -2.24. The van der Waals surface area contributed by atoms with Gasteiger partial charge in [0, 0.05) is 17.9 Å². The molecule has 0 saturated heterocycles. The number of rotatable bonds is 5. The Bertz CT molecular complexity index is 537. The minimum atomic E-state index is -4.45. The third-order valence-corrected chi connectivity index (χ3v) is 3.30. The average Bonchev–Trinajstić information content (AvgIpc) is 2.44. The van der Waals surface area contributed by atoms with Crippen LogP contribution in [0.3, 0.4) is 0 Å². The van der Waals surface area contributed by atoms with Crippen LogP contribution in [-0.2, 0) is 16.0 Å². The van der Waals surface area contributed by atoms with E-state index < -0.39 is 30.4 Å². The van der Waals surface area contributed by atoms with Gasteiger partial charge in [0.05, 0.1) is 13.2 Å². The fourth-order valence-corrected chi connectivity index (χ4v) is 2.03. The fraction of sp³-hybridized carbons (Fsp3) is 0.429. The normalized spacial score (nSPS) is 14.1. The average molecular weight is 320 g/mol. The molecule has 0 N–H and O–H groups in total. The van der Waals surface area contributed by atoms with Crippen molar-refractivity contribution in [2.24, 2.45) is 5.41 Å². The van der Waals surface area contributed by atoms with Crippen LogP contribution in [-0.4, -0.2) is 19.3 Å². The van der Waals surface area contributed by atoms with Gasteiger partial charge in [-0.1, -0.05) is 23.7 Å². The SMILES string of the molecule is COC(=O)C(C#N)(CCC(F)(F)F)Cc1ccc(Cl)cc1. The van der Waals surface area contributed by atoms with Crippen molar-refractivity contribution in [1.82, 2.24) is 0 Å². The van der Waals surface area contributed by atoms with Crippen molar-refractivity contribution in [2.45, 2.75) is 25.4 Å². The number of benzene rings is 1. The third-order valence-electron chi connectivity index (χ3n) is 3.04. The van der Waals surface area contributed by atoms with E-state index in [4.69, 9.17) is 11.6 Å². The summed E-state index contributed by atoms with van der Waals surface area (Å²) in [6.07, 6.45) is -6.49. The second-order valence-electron chi connectivity index (χ2n) is 4.60. The molecule has 7 heteroatoms. The summed E-state index contributed by atoms with van der Waals surface area (Å²) in [6, 6.07) is 7.90. The lowest BCUT2D eigenvalue weighted by atomic mass is 9.79. The van der Waals surface area contributed by atoms with E-state index in [2.05, 4.69) is 4.74 Å². The molecule has 21 heavy (non-hydrogen) atoms. The molecule has 1 aromatic rings. The minimum absolute atomic E-state index is 0.163. The molecule has 0 aliphatic heterocycles. The van der Waals surface area contributed by atoms with Crippen molar-refractivity contribution < 1.29 is 22.7 Å². The number of halogens is 4. The van der Waals surface area contributed by atoms with E-state index >= 15 is 0 Å². The van der Waals surface area contributed by atoms with Crippen LogP contribution in [0.25, 0.3) is 0 Å². The van der Waals surface area contributed by atoms with Crippen LogP contribution in [0.15, 0.2) is 24.3 Å². The molecule has 1 aromatic carbocycles. The number of nitrogens with zero attached hydrogens (tertiary/aromatic N) is 1. The molecule has 0 radical (unpaired) electrons. The largest absolute Gasteiger partial charge is 0.468 e. The van der Waals surface area contributed by atoms with Gasteiger partial charge in [0.2, 0.25) is 0 Å². The Hall–Kier alpha value is -1.74. The summed E-state index contributed by atoms with van der Waals surface area (Å²) >= 11 is 5.72. The van der Waals surface area contributed by atoms with Gasteiger partial charge in [-0.15, -0.1) is 0 Å². The van der Waals surface area contributed by atoms with E-state index in [-0.39, 0.29) is 6.42 Å². The molecule has 0 bridgehead atoms. The molecule has 0 amide bonds. The first kappa shape index (κ1) is 17.3. The Morgan fingerprint density at radius 3 is 2.29 bits per heavy atom. The molecule has 1 rings (SSSR count). The lowest BCUT2D eigenvalue weighted by Crippen LogP contribution is -2.34. The zero-order chi connectivity index (χ0) is 16.1. The number of hydrogen-bond acceptors (Lipinski definition) is 3. The van der Waals surface area contributed by atoms with Crippen LogP contribution in [0.1, 0.15) is 18.4 Å². The van der Waals surface area contributed by atoms with Crippen LogP contribution in [0.4, 0.5) is 13.2 Å². The maximum absolute atomic E-state index is 12.4. The van der Waals surface area contributed by atoms with E-state index in [1.54, 1.807) is 30.3 Å². The van der Waals surface area contributed by atoms with Gasteiger partial charge < -0.3 is 4.74 Å². The van der Waals surface area contributed by atoms with Crippen molar-refractivity contribution in [3.63, 3.8) is 0 Å². The van der Waals surface area contributed by atoms with Gasteiger partial charge in [0.1, 0.15) is 0 Å². The summed E-state index contributed by atoms with van der Waals surface area (Å²) in [7, 11) is 1.05. The Morgan fingerprint density at radius 1 is 1.29 bits per heavy atom. The Morgan fingerprint density at radius 2 is 1.86 bits per heavy atom. The number of alkyl halides is 3. The minimum Gasteiger partial charge on any atom is -0.468 e. The van der Waals surface area contributed by atoms with Crippen LogP contribution in [0.2, 0.25) is 5.02 Å². The molecular formula is C14H13ClF3NO2. The van der Waals surface area contributed by atoms with E-state index in [0.29, 0.717) is 10.6 Å². The highest BCUT2D eigenvalue weighted by molar-refractivity contribution is 6.30. The van der Waals surface area contributed by atoms with Crippen molar-refractivity contribution in [1.29, 1.82) is 5.26 Å². The van der Waals surface area contributed by atoms with Crippen molar-refractivity contribution in [3.8, 4) is 6.07 Å². The van der Waals surface area contributed by atoms with Crippen molar-refractivity contribution in [2.75, 3.05) is 7.11 Å². The van der Waals surface area contributed by atoms with Crippen LogP contribution in [0.5, 0.6) is 0 Å². The maximum Gasteiger partial charge on any atom is 0.389 e. The Kier molecular flexibility index (Phi) is 5.62. The van der Waals surface area contributed by atoms with Gasteiger partial charge in [0.15, 0.2) is 5.41 Å². The van der Waals surface area contributed by atoms with Crippen LogP contribution >= 0.6 is 11.6 Å². The molecule has 1 unspecified atom stereocenters. The highest BCUT2D eigenvalue weighted by atomic mass is 35.5. The lowest BCUT2D eigenvalue weighted by molar-refractivity contribution is -0.156. The standard InChI is InChI=1S/C14H13ClF3NO2/c1-21-12(20)13(9-19,6-7-14(16,17)18)8-10-2-4-11(15)5-3-10/h2-5H,6-8H2,1H3. The molecule has 0 heterocycles. The van der Waals surface area contributed by atoms with E-state index in [0.717, 1.165) is 7.11 Å². The number of methoxy groups -OCH3 is 1. The topological polar surface area (TPSA) is 50.1 Å². The van der Waals surface area contributed by atoms with E-state index in [1.807, 2.05) is 0 Å². The van der Waals surface area contributed by atoms with Gasteiger partial charge in [-0.25, -0.2) is 0 Å². The van der Waals surface area contributed by atoms with Crippen LogP contribution < -0.4 is 0 Å². The molecule has 0 fully saturated rings. The smallest absolute Gasteiger partial charge is 0.389 e. The van der Waals surface area contributed by atoms with Gasteiger partial charge in [0.25, 0.3) is 0 Å². The quantitative estimate of drug-likeness (QED) is 0.773. The first-order valence-corrected chi connectivity index (χ1v) is 6.41. The second-order valence-corrected chi connectivity index (χ2v) is 5.04. The monoisotopic (exact) mass is 319 g/mol. The zero-order valence-corrected chi connectivity index (χ0v) is 12.0. The van der Waals surface area contributed by atoms with Gasteiger partial charge in [-0.3, -0.25) is 4.79 Å². The number of hydrogen-bond donors (Lipinski definition) is 0. The fourth-order valence-electron chi connectivity index (χ4n) is 1.90. The molecule has 0 aromatic heterocycles. The number of nitriles is 1. The summed E-state index contributed by atoms with van der Waals surface area (Å²) < 4.78 is 41.7. The van der Waals surface area contributed by atoms with Crippen molar-refractivity contribution in [3.05, 3.63) is 34.9 Å².